The zero-order chi connectivity index (χ0) is 10.4. The Morgan fingerprint density at radius 2 is 2.07 bits per heavy atom. The molecule has 0 atom stereocenters. The van der Waals surface area contributed by atoms with Crippen molar-refractivity contribution in [3.8, 4) is 0 Å². The molecule has 1 saturated heterocycles. The second-order valence-electron chi connectivity index (χ2n) is 3.78. The molecule has 4 nitrogen and oxygen atoms in total. The van der Waals surface area contributed by atoms with Crippen LogP contribution in [0.15, 0.2) is 0 Å². The minimum atomic E-state index is 0. The average molecular weight is 237 g/mol. The number of halogens is 1. The Morgan fingerprint density at radius 3 is 2.60 bits per heavy atom. The van der Waals surface area contributed by atoms with Crippen LogP contribution >= 0.6 is 12.4 Å². The highest BCUT2D eigenvalue weighted by molar-refractivity contribution is 5.85. The van der Waals surface area contributed by atoms with Gasteiger partial charge in [0.05, 0.1) is 6.61 Å². The molecule has 90 valence electrons. The Balaban J connectivity index is 0.00000196. The van der Waals surface area contributed by atoms with Crippen LogP contribution in [-0.4, -0.2) is 51.2 Å². The fourth-order valence-electron chi connectivity index (χ4n) is 1.72. The van der Waals surface area contributed by atoms with Crippen LogP contribution in [0.25, 0.3) is 0 Å². The van der Waals surface area contributed by atoms with Gasteiger partial charge in [-0.2, -0.15) is 0 Å². The van der Waals surface area contributed by atoms with Gasteiger partial charge in [0.1, 0.15) is 0 Å². The van der Waals surface area contributed by atoms with Gasteiger partial charge >= 0.3 is 0 Å². The monoisotopic (exact) mass is 236 g/mol. The number of piperidine rings is 1. The summed E-state index contributed by atoms with van der Waals surface area (Å²) < 4.78 is 4.94. The summed E-state index contributed by atoms with van der Waals surface area (Å²) in [5, 5.41) is 3.26. The van der Waals surface area contributed by atoms with Gasteiger partial charge in [-0.15, -0.1) is 12.4 Å². The second kappa shape index (κ2) is 7.91. The van der Waals surface area contributed by atoms with E-state index in [1.807, 2.05) is 7.05 Å². The van der Waals surface area contributed by atoms with E-state index >= 15 is 0 Å². The molecule has 0 spiro atoms. The lowest BCUT2D eigenvalue weighted by atomic mass is 9.97. The van der Waals surface area contributed by atoms with Crippen molar-refractivity contribution >= 4 is 18.3 Å². The number of carbonyl (C=O) groups is 1. The third-order valence-corrected chi connectivity index (χ3v) is 2.70. The molecule has 1 fully saturated rings. The molecule has 0 saturated carbocycles. The minimum Gasteiger partial charge on any atom is -0.383 e. The number of ether oxygens (including phenoxy) is 1. The first kappa shape index (κ1) is 14.7. The summed E-state index contributed by atoms with van der Waals surface area (Å²) in [6, 6.07) is 0. The van der Waals surface area contributed by atoms with Gasteiger partial charge in [0, 0.05) is 26.6 Å². The largest absolute Gasteiger partial charge is 0.383 e. The molecule has 1 heterocycles. The maximum Gasteiger partial charge on any atom is 0.225 e. The summed E-state index contributed by atoms with van der Waals surface area (Å²) in [6.07, 6.45) is 1.94. The van der Waals surface area contributed by atoms with E-state index < -0.39 is 0 Å². The predicted molar refractivity (Wildman–Crippen MR) is 62.4 cm³/mol. The lowest BCUT2D eigenvalue weighted by Crippen LogP contribution is -2.40. The number of methoxy groups -OCH3 is 1. The van der Waals surface area contributed by atoms with Crippen LogP contribution in [0.2, 0.25) is 0 Å². The summed E-state index contributed by atoms with van der Waals surface area (Å²) >= 11 is 0. The van der Waals surface area contributed by atoms with Crippen LogP contribution in [0.5, 0.6) is 0 Å². The van der Waals surface area contributed by atoms with Crippen molar-refractivity contribution in [1.82, 2.24) is 10.2 Å². The van der Waals surface area contributed by atoms with Crippen molar-refractivity contribution in [3.05, 3.63) is 0 Å². The quantitative estimate of drug-likeness (QED) is 0.774. The van der Waals surface area contributed by atoms with Gasteiger partial charge in [-0.1, -0.05) is 0 Å². The Kier molecular flexibility index (Phi) is 7.74. The van der Waals surface area contributed by atoms with Crippen LogP contribution < -0.4 is 5.32 Å². The number of hydrogen-bond donors (Lipinski definition) is 1. The van der Waals surface area contributed by atoms with E-state index in [4.69, 9.17) is 4.74 Å². The summed E-state index contributed by atoms with van der Waals surface area (Å²) in [5.41, 5.74) is 0. The zero-order valence-electron chi connectivity index (χ0n) is 9.49. The van der Waals surface area contributed by atoms with Crippen molar-refractivity contribution in [2.45, 2.75) is 12.8 Å². The predicted octanol–water partition coefficient (Wildman–Crippen LogP) is 0.513. The normalized spacial score (nSPS) is 16.9. The Bertz CT molecular complexity index is 184. The third-order valence-electron chi connectivity index (χ3n) is 2.70. The van der Waals surface area contributed by atoms with Gasteiger partial charge in [0.15, 0.2) is 0 Å². The molecule has 1 amide bonds. The number of amides is 1. The molecule has 0 aromatic rings. The SMILES string of the molecule is COCCN(C)C(=O)C1CCNCC1.Cl. The third kappa shape index (κ3) is 4.82. The smallest absolute Gasteiger partial charge is 0.225 e. The van der Waals surface area contributed by atoms with Gasteiger partial charge in [0.2, 0.25) is 5.91 Å². The van der Waals surface area contributed by atoms with E-state index in [1.54, 1.807) is 12.0 Å². The highest BCUT2D eigenvalue weighted by Crippen LogP contribution is 2.13. The maximum absolute atomic E-state index is 11.8. The minimum absolute atomic E-state index is 0. The van der Waals surface area contributed by atoms with Crippen LogP contribution in [0.3, 0.4) is 0 Å². The van der Waals surface area contributed by atoms with E-state index in [0.29, 0.717) is 13.2 Å². The summed E-state index contributed by atoms with van der Waals surface area (Å²) in [6.45, 7) is 3.25. The van der Waals surface area contributed by atoms with Gasteiger partial charge in [-0.3, -0.25) is 4.79 Å². The Labute approximate surface area is 97.8 Å². The van der Waals surface area contributed by atoms with Gasteiger partial charge in [-0.25, -0.2) is 0 Å². The first-order chi connectivity index (χ1) is 6.75. The molecule has 0 aromatic carbocycles. The van der Waals surface area contributed by atoms with E-state index in [2.05, 4.69) is 5.32 Å². The van der Waals surface area contributed by atoms with E-state index in [-0.39, 0.29) is 24.2 Å². The Morgan fingerprint density at radius 1 is 1.47 bits per heavy atom. The van der Waals surface area contributed by atoms with E-state index in [9.17, 15) is 4.79 Å². The number of nitrogens with one attached hydrogen (secondary N) is 1. The van der Waals surface area contributed by atoms with Gasteiger partial charge < -0.3 is 15.0 Å². The van der Waals surface area contributed by atoms with Crippen molar-refractivity contribution in [2.75, 3.05) is 40.4 Å². The summed E-state index contributed by atoms with van der Waals surface area (Å²) in [7, 11) is 3.51. The summed E-state index contributed by atoms with van der Waals surface area (Å²) in [4.78, 5) is 13.6. The molecule has 0 unspecified atom stereocenters. The lowest BCUT2D eigenvalue weighted by molar-refractivity contribution is -0.135. The first-order valence-corrected chi connectivity index (χ1v) is 5.20. The van der Waals surface area contributed by atoms with Crippen LogP contribution in [0, 0.1) is 5.92 Å². The average Bonchev–Trinajstić information content (AvgIpc) is 2.26. The zero-order valence-corrected chi connectivity index (χ0v) is 10.3. The molecule has 0 aliphatic carbocycles. The molecule has 1 aliphatic heterocycles. The van der Waals surface area contributed by atoms with E-state index in [0.717, 1.165) is 25.9 Å². The van der Waals surface area contributed by atoms with Crippen molar-refractivity contribution in [1.29, 1.82) is 0 Å². The number of likely N-dealkylation sites (N-methyl/N-ethyl adjacent to an activating group) is 1. The molecule has 5 heteroatoms. The van der Waals surface area contributed by atoms with Crippen LogP contribution in [0.4, 0.5) is 0 Å². The van der Waals surface area contributed by atoms with Crippen molar-refractivity contribution in [2.24, 2.45) is 5.92 Å². The van der Waals surface area contributed by atoms with Gasteiger partial charge in [-0.05, 0) is 25.9 Å². The highest BCUT2D eigenvalue weighted by atomic mass is 35.5. The highest BCUT2D eigenvalue weighted by Gasteiger charge is 2.23. The molecule has 1 aliphatic rings. The molecule has 0 bridgehead atoms. The Hall–Kier alpha value is -0.320. The fraction of sp³-hybridized carbons (Fsp3) is 0.900. The van der Waals surface area contributed by atoms with Crippen molar-refractivity contribution < 1.29 is 9.53 Å². The topological polar surface area (TPSA) is 41.6 Å². The molecular formula is C10H21ClN2O2. The second-order valence-corrected chi connectivity index (χ2v) is 3.78. The number of rotatable bonds is 4. The maximum atomic E-state index is 11.8. The standard InChI is InChI=1S/C10H20N2O2.ClH/c1-12(7-8-14-2)10(13)9-3-5-11-6-4-9;/h9,11H,3-8H2,1-2H3;1H. The number of nitrogens with zero attached hydrogens (tertiary/aromatic N) is 1. The molecule has 1 N–H and O–H groups in total. The van der Waals surface area contributed by atoms with Crippen molar-refractivity contribution in [3.63, 3.8) is 0 Å². The molecule has 15 heavy (non-hydrogen) atoms. The lowest BCUT2D eigenvalue weighted by Gasteiger charge is -2.26. The molecule has 0 aromatic heterocycles. The van der Waals surface area contributed by atoms with Gasteiger partial charge in [0.25, 0.3) is 0 Å². The molecule has 0 radical (unpaired) electrons. The fourth-order valence-corrected chi connectivity index (χ4v) is 1.72. The number of carbonyl (C=O) groups excluding carboxylic acids is 1. The van der Waals surface area contributed by atoms with Crippen LogP contribution in [0.1, 0.15) is 12.8 Å². The van der Waals surface area contributed by atoms with Crippen LogP contribution in [-0.2, 0) is 9.53 Å². The van der Waals surface area contributed by atoms with E-state index in [1.165, 1.54) is 0 Å². The molecular weight excluding hydrogens is 216 g/mol. The summed E-state index contributed by atoms with van der Waals surface area (Å²) in [5.74, 6) is 0.488. The number of hydrogen-bond acceptors (Lipinski definition) is 3. The first-order valence-electron chi connectivity index (χ1n) is 5.20. The molecule has 1 rings (SSSR count).